The van der Waals surface area contributed by atoms with E-state index in [0.717, 1.165) is 57.4 Å². The van der Waals surface area contributed by atoms with E-state index in [1.54, 1.807) is 6.07 Å². The molecule has 3 aliphatic rings. The standard InChI is InChI=1S/C33H40ClN3O4/c34-29-20-25(8-10-31(29)41-28-12-17-40-18-13-28)32(38)30(22-36-14-3-4-15-36)35-33(39)26-11-16-37(21-26)27-9-7-23-5-1-2-6-24(23)19-27/h1-2,5-10,19-20,26,28,30,32,38H,3-4,11-18,21-22H2,(H,35,39)/t26?,30-,32-/m1/s1. The average Bonchev–Trinajstić information content (AvgIpc) is 3.71. The van der Waals surface area contributed by atoms with Gasteiger partial charge in [-0.25, -0.2) is 0 Å². The number of carbonyl (C=O) groups is 1. The Kier molecular flexibility index (Phi) is 8.96. The first-order valence-electron chi connectivity index (χ1n) is 15.0. The molecular formula is C33H40ClN3O4. The molecule has 218 valence electrons. The lowest BCUT2D eigenvalue weighted by atomic mass is 9.99. The van der Waals surface area contributed by atoms with Crippen LogP contribution < -0.4 is 15.0 Å². The third-order valence-electron chi connectivity index (χ3n) is 8.78. The smallest absolute Gasteiger partial charge is 0.225 e. The number of nitrogens with zero attached hydrogens (tertiary/aromatic N) is 2. The molecule has 3 atom stereocenters. The molecule has 0 spiro atoms. The second kappa shape index (κ2) is 13.0. The topological polar surface area (TPSA) is 74.3 Å². The molecule has 0 saturated carbocycles. The molecule has 1 amide bonds. The summed E-state index contributed by atoms with van der Waals surface area (Å²) in [6, 6.07) is 19.9. The monoisotopic (exact) mass is 577 g/mol. The Hall–Kier alpha value is -2.84. The lowest BCUT2D eigenvalue weighted by molar-refractivity contribution is -0.126. The number of anilines is 1. The van der Waals surface area contributed by atoms with Crippen LogP contribution in [0.15, 0.2) is 60.7 Å². The van der Waals surface area contributed by atoms with Gasteiger partial charge in [-0.1, -0.05) is 48.0 Å². The molecule has 1 unspecified atom stereocenters. The molecule has 6 rings (SSSR count). The van der Waals surface area contributed by atoms with Crippen molar-refractivity contribution in [2.75, 3.05) is 50.8 Å². The molecule has 3 aliphatic heterocycles. The van der Waals surface area contributed by atoms with E-state index >= 15 is 0 Å². The highest BCUT2D eigenvalue weighted by Crippen LogP contribution is 2.32. The van der Waals surface area contributed by atoms with Gasteiger partial charge in [-0.3, -0.25) is 4.79 Å². The van der Waals surface area contributed by atoms with Gasteiger partial charge in [0.05, 0.1) is 30.2 Å². The Morgan fingerprint density at radius 2 is 1.78 bits per heavy atom. The second-order valence-corrected chi connectivity index (χ2v) is 12.1. The Labute approximate surface area is 247 Å². The number of halogens is 1. The maximum Gasteiger partial charge on any atom is 0.225 e. The summed E-state index contributed by atoms with van der Waals surface area (Å²) in [4.78, 5) is 18.2. The van der Waals surface area contributed by atoms with Crippen molar-refractivity contribution in [3.05, 3.63) is 71.2 Å². The van der Waals surface area contributed by atoms with Gasteiger partial charge in [0.1, 0.15) is 18.0 Å². The van der Waals surface area contributed by atoms with Gasteiger partial charge in [-0.15, -0.1) is 0 Å². The molecule has 2 N–H and O–H groups in total. The number of hydrogen-bond donors (Lipinski definition) is 2. The van der Waals surface area contributed by atoms with Crippen molar-refractivity contribution in [2.24, 2.45) is 5.92 Å². The van der Waals surface area contributed by atoms with Crippen molar-refractivity contribution >= 4 is 34.0 Å². The zero-order valence-electron chi connectivity index (χ0n) is 23.5. The van der Waals surface area contributed by atoms with Crippen molar-refractivity contribution in [3.8, 4) is 5.75 Å². The summed E-state index contributed by atoms with van der Waals surface area (Å²) in [5, 5.41) is 17.7. The molecule has 3 saturated heterocycles. The first-order chi connectivity index (χ1) is 20.0. The minimum atomic E-state index is -0.882. The van der Waals surface area contributed by atoms with Crippen LogP contribution >= 0.6 is 11.6 Å². The molecule has 3 heterocycles. The molecule has 3 aromatic carbocycles. The van der Waals surface area contributed by atoms with Crippen molar-refractivity contribution in [2.45, 2.75) is 50.4 Å². The van der Waals surface area contributed by atoms with Gasteiger partial charge < -0.3 is 29.7 Å². The lowest BCUT2D eigenvalue weighted by Crippen LogP contribution is -2.48. The molecular weight excluding hydrogens is 538 g/mol. The van der Waals surface area contributed by atoms with Gasteiger partial charge in [-0.05, 0) is 73.0 Å². The number of rotatable bonds is 9. The number of nitrogens with one attached hydrogen (secondary N) is 1. The number of likely N-dealkylation sites (tertiary alicyclic amines) is 1. The molecule has 7 nitrogen and oxygen atoms in total. The first-order valence-corrected chi connectivity index (χ1v) is 15.4. The minimum Gasteiger partial charge on any atom is -0.489 e. The van der Waals surface area contributed by atoms with Gasteiger partial charge in [0.15, 0.2) is 0 Å². The number of amides is 1. The van der Waals surface area contributed by atoms with Crippen molar-refractivity contribution < 1.29 is 19.4 Å². The molecule has 3 fully saturated rings. The molecule has 0 bridgehead atoms. The van der Waals surface area contributed by atoms with Crippen molar-refractivity contribution in [3.63, 3.8) is 0 Å². The highest BCUT2D eigenvalue weighted by atomic mass is 35.5. The van der Waals surface area contributed by atoms with Gasteiger partial charge in [0.2, 0.25) is 5.91 Å². The zero-order chi connectivity index (χ0) is 28.2. The number of aliphatic hydroxyl groups is 1. The van der Waals surface area contributed by atoms with Gasteiger partial charge in [0.25, 0.3) is 0 Å². The fraction of sp³-hybridized carbons (Fsp3) is 0.485. The van der Waals surface area contributed by atoms with Crippen LogP contribution in [0, 0.1) is 5.92 Å². The van der Waals surface area contributed by atoms with Crippen LogP contribution in [0.4, 0.5) is 5.69 Å². The Morgan fingerprint density at radius 3 is 2.56 bits per heavy atom. The normalized spacial score (nSPS) is 21.7. The van der Waals surface area contributed by atoms with E-state index in [1.807, 2.05) is 12.1 Å². The van der Waals surface area contributed by atoms with Crippen LogP contribution in [0.1, 0.15) is 43.8 Å². The highest BCUT2D eigenvalue weighted by molar-refractivity contribution is 6.32. The summed E-state index contributed by atoms with van der Waals surface area (Å²) >= 11 is 6.62. The third kappa shape index (κ3) is 6.81. The van der Waals surface area contributed by atoms with E-state index in [4.69, 9.17) is 21.1 Å². The Bertz CT molecular complexity index is 1340. The maximum absolute atomic E-state index is 13.6. The highest BCUT2D eigenvalue weighted by Gasteiger charge is 2.33. The average molecular weight is 578 g/mol. The third-order valence-corrected chi connectivity index (χ3v) is 9.07. The molecule has 8 heteroatoms. The molecule has 41 heavy (non-hydrogen) atoms. The van der Waals surface area contributed by atoms with Crippen LogP contribution in [0.2, 0.25) is 5.02 Å². The van der Waals surface area contributed by atoms with Crippen LogP contribution in [0.5, 0.6) is 5.75 Å². The van der Waals surface area contributed by atoms with Crippen LogP contribution in [-0.2, 0) is 9.53 Å². The van der Waals surface area contributed by atoms with Gasteiger partial charge in [0, 0.05) is 38.2 Å². The number of benzene rings is 3. The van der Waals surface area contributed by atoms with E-state index in [1.165, 1.54) is 10.8 Å². The van der Waals surface area contributed by atoms with Gasteiger partial charge in [-0.2, -0.15) is 0 Å². The predicted octanol–water partition coefficient (Wildman–Crippen LogP) is 5.19. The summed E-state index contributed by atoms with van der Waals surface area (Å²) in [6.45, 7) is 5.45. The maximum atomic E-state index is 13.6. The summed E-state index contributed by atoms with van der Waals surface area (Å²) in [6.07, 6.45) is 3.95. The summed E-state index contributed by atoms with van der Waals surface area (Å²) in [5.41, 5.74) is 1.83. The van der Waals surface area contributed by atoms with E-state index in [2.05, 4.69) is 57.6 Å². The summed E-state index contributed by atoms with van der Waals surface area (Å²) < 4.78 is 11.5. The Morgan fingerprint density at radius 1 is 1.00 bits per heavy atom. The second-order valence-electron chi connectivity index (χ2n) is 11.7. The zero-order valence-corrected chi connectivity index (χ0v) is 24.3. The lowest BCUT2D eigenvalue weighted by Gasteiger charge is -2.30. The van der Waals surface area contributed by atoms with Crippen molar-refractivity contribution in [1.29, 1.82) is 0 Å². The minimum absolute atomic E-state index is 0.00195. The first kappa shape index (κ1) is 28.3. The molecule has 0 aliphatic carbocycles. The van der Waals surface area contributed by atoms with Crippen LogP contribution in [-0.4, -0.2) is 74.0 Å². The fourth-order valence-corrected chi connectivity index (χ4v) is 6.59. The molecule has 3 aromatic rings. The van der Waals surface area contributed by atoms with Gasteiger partial charge >= 0.3 is 0 Å². The largest absolute Gasteiger partial charge is 0.489 e. The quantitative estimate of drug-likeness (QED) is 0.365. The molecule has 0 aromatic heterocycles. The summed E-state index contributed by atoms with van der Waals surface area (Å²) in [5.74, 6) is 0.491. The number of fused-ring (bicyclic) bond motifs is 1. The van der Waals surface area contributed by atoms with E-state index in [-0.39, 0.29) is 17.9 Å². The predicted molar refractivity (Wildman–Crippen MR) is 163 cm³/mol. The fourth-order valence-electron chi connectivity index (χ4n) is 6.35. The SMILES string of the molecule is O=C(N[C@H](CN1CCCC1)[C@H](O)c1ccc(OC2CCOCC2)c(Cl)c1)C1CCN(c2ccc3ccccc3c2)C1. The van der Waals surface area contributed by atoms with Crippen LogP contribution in [0.3, 0.4) is 0 Å². The number of carbonyl (C=O) groups excluding carboxylic acids is 1. The van der Waals surface area contributed by atoms with Crippen molar-refractivity contribution in [1.82, 2.24) is 10.2 Å². The van der Waals surface area contributed by atoms with E-state index < -0.39 is 12.1 Å². The molecule has 0 radical (unpaired) electrons. The van der Waals surface area contributed by atoms with E-state index in [0.29, 0.717) is 42.6 Å². The summed E-state index contributed by atoms with van der Waals surface area (Å²) in [7, 11) is 0. The number of hydrogen-bond acceptors (Lipinski definition) is 6. The van der Waals surface area contributed by atoms with E-state index in [9.17, 15) is 9.90 Å². The number of aliphatic hydroxyl groups excluding tert-OH is 1. The Balaban J connectivity index is 1.13. The van der Waals surface area contributed by atoms with Crippen LogP contribution in [0.25, 0.3) is 10.8 Å². The number of ether oxygens (including phenoxy) is 2.